The van der Waals surface area contributed by atoms with Crippen LogP contribution in [0.25, 0.3) is 0 Å². The van der Waals surface area contributed by atoms with Gasteiger partial charge >= 0.3 is 6.09 Å². The Labute approximate surface area is 134 Å². The average Bonchev–Trinajstić information content (AvgIpc) is 2.45. The van der Waals surface area contributed by atoms with Crippen molar-refractivity contribution in [1.82, 2.24) is 5.32 Å². The first kappa shape index (κ1) is 17.8. The number of carbonyl (C=O) groups is 1. The second-order valence-electron chi connectivity index (χ2n) is 4.43. The van der Waals surface area contributed by atoms with E-state index in [9.17, 15) is 25.0 Å². The first-order valence-electron chi connectivity index (χ1n) is 6.21. The third-order valence-corrected chi connectivity index (χ3v) is 3.61. The zero-order valence-electron chi connectivity index (χ0n) is 11.8. The minimum Gasteiger partial charge on any atom is -0.450 e. The highest BCUT2D eigenvalue weighted by Crippen LogP contribution is 2.34. The largest absolute Gasteiger partial charge is 0.450 e. The molecule has 0 saturated carbocycles. The van der Waals surface area contributed by atoms with Gasteiger partial charge in [-0.05, 0) is 24.6 Å². The van der Waals surface area contributed by atoms with Gasteiger partial charge in [-0.15, -0.1) is 0 Å². The summed E-state index contributed by atoms with van der Waals surface area (Å²) >= 11 is 2.97. The summed E-state index contributed by atoms with van der Waals surface area (Å²) < 4.78 is 3.02. The molecular weight excluding hydrogens is 362 g/mol. The van der Waals surface area contributed by atoms with Gasteiger partial charge in [-0.1, -0.05) is 0 Å². The lowest BCUT2D eigenvalue weighted by molar-refractivity contribution is -0.536. The summed E-state index contributed by atoms with van der Waals surface area (Å²) in [7, 11) is 0. The van der Waals surface area contributed by atoms with E-state index in [4.69, 9.17) is 4.74 Å². The molecule has 0 aliphatic rings. The van der Waals surface area contributed by atoms with E-state index in [1.54, 1.807) is 6.92 Å². The van der Waals surface area contributed by atoms with E-state index in [1.807, 2.05) is 0 Å². The van der Waals surface area contributed by atoms with Gasteiger partial charge in [0.2, 0.25) is 0 Å². The van der Waals surface area contributed by atoms with Crippen molar-refractivity contribution in [3.05, 3.63) is 50.1 Å². The second kappa shape index (κ2) is 7.16. The van der Waals surface area contributed by atoms with Gasteiger partial charge in [0.1, 0.15) is 6.04 Å². The van der Waals surface area contributed by atoms with Crippen LogP contribution < -0.4 is 5.32 Å². The first-order chi connectivity index (χ1) is 10.2. The monoisotopic (exact) mass is 375 g/mol. The summed E-state index contributed by atoms with van der Waals surface area (Å²) in [6.45, 7) is 2.98. The van der Waals surface area contributed by atoms with Gasteiger partial charge in [-0.25, -0.2) is 4.79 Å². The highest BCUT2D eigenvalue weighted by molar-refractivity contribution is 9.10. The van der Waals surface area contributed by atoms with Crippen LogP contribution in [0.2, 0.25) is 0 Å². The van der Waals surface area contributed by atoms with Gasteiger partial charge in [0, 0.05) is 39.9 Å². The van der Waals surface area contributed by atoms with E-state index in [0.717, 1.165) is 0 Å². The molecule has 9 nitrogen and oxygen atoms in total. The maximum Gasteiger partial charge on any atom is 0.407 e. The highest BCUT2D eigenvalue weighted by atomic mass is 79.9. The van der Waals surface area contributed by atoms with Crippen molar-refractivity contribution in [2.75, 3.05) is 6.61 Å². The van der Waals surface area contributed by atoms with Gasteiger partial charge in [0.25, 0.3) is 10.1 Å². The fourth-order valence-corrected chi connectivity index (χ4v) is 2.08. The number of non-ortho nitro benzene ring substituents is 1. The molecule has 0 aliphatic heterocycles. The Kier molecular flexibility index (Phi) is 5.80. The molecule has 0 fully saturated rings. The molecule has 0 aromatic heterocycles. The molecular formula is C12H14BrN3O6. The van der Waals surface area contributed by atoms with Crippen LogP contribution in [-0.4, -0.2) is 27.0 Å². The third kappa shape index (κ3) is 4.13. The number of halogens is 1. The Morgan fingerprint density at radius 3 is 2.32 bits per heavy atom. The van der Waals surface area contributed by atoms with Gasteiger partial charge in [-0.2, -0.15) is 0 Å². The average molecular weight is 376 g/mol. The number of amides is 1. The van der Waals surface area contributed by atoms with Crippen LogP contribution >= 0.6 is 15.9 Å². The summed E-state index contributed by atoms with van der Waals surface area (Å²) in [5.41, 5.74) is 0.172. The fraction of sp³-hybridized carbons (Fsp3) is 0.417. The van der Waals surface area contributed by atoms with E-state index < -0.39 is 26.4 Å². The summed E-state index contributed by atoms with van der Waals surface area (Å²) in [6.07, 6.45) is -0.821. The van der Waals surface area contributed by atoms with Crippen LogP contribution in [0.4, 0.5) is 10.5 Å². The Morgan fingerprint density at radius 2 is 1.91 bits per heavy atom. The normalized spacial score (nSPS) is 14.5. The fourth-order valence-electron chi connectivity index (χ4n) is 1.70. The van der Waals surface area contributed by atoms with Gasteiger partial charge < -0.3 is 10.1 Å². The number of rotatable bonds is 6. The van der Waals surface area contributed by atoms with E-state index in [1.165, 1.54) is 31.2 Å². The van der Waals surface area contributed by atoms with Crippen molar-refractivity contribution in [1.29, 1.82) is 0 Å². The molecule has 0 saturated heterocycles. The van der Waals surface area contributed by atoms with Crippen molar-refractivity contribution in [3.8, 4) is 0 Å². The van der Waals surface area contributed by atoms with Crippen LogP contribution in [0.15, 0.2) is 24.3 Å². The summed E-state index contributed by atoms with van der Waals surface area (Å²) in [6, 6.07) is 4.02. The van der Waals surface area contributed by atoms with Crippen molar-refractivity contribution in [2.24, 2.45) is 0 Å². The predicted octanol–water partition coefficient (Wildman–Crippen LogP) is 2.77. The second-order valence-corrected chi connectivity index (χ2v) is 6.03. The topological polar surface area (TPSA) is 125 Å². The van der Waals surface area contributed by atoms with Gasteiger partial charge in [0.05, 0.1) is 11.5 Å². The minimum absolute atomic E-state index is 0.107. The number of nitrogens with one attached hydrogen (secondary N) is 1. The van der Waals surface area contributed by atoms with Crippen molar-refractivity contribution < 1.29 is 19.4 Å². The number of nitro groups is 2. The standard InChI is InChI=1S/C12H14BrN3O6/c1-3-22-11(17)14-10(12(2,13)16(20)21)8-4-6-9(7-5-8)15(18)19/h4-7,10H,3H2,1-2H3,(H,14,17)/t10-,12+/m1/s1. The molecule has 1 N–H and O–H groups in total. The quantitative estimate of drug-likeness (QED) is 0.352. The molecule has 0 aliphatic carbocycles. The van der Waals surface area contributed by atoms with Crippen LogP contribution in [0.3, 0.4) is 0 Å². The number of benzene rings is 1. The predicted molar refractivity (Wildman–Crippen MR) is 80.3 cm³/mol. The Morgan fingerprint density at radius 1 is 1.36 bits per heavy atom. The molecule has 10 heteroatoms. The number of hydrogen-bond acceptors (Lipinski definition) is 6. The maximum atomic E-state index is 11.6. The Balaban J connectivity index is 3.16. The molecule has 1 aromatic rings. The zero-order chi connectivity index (χ0) is 16.9. The van der Waals surface area contributed by atoms with Gasteiger partial charge in [0.15, 0.2) is 0 Å². The molecule has 1 amide bonds. The van der Waals surface area contributed by atoms with Crippen LogP contribution in [-0.2, 0) is 4.74 Å². The van der Waals surface area contributed by atoms with Gasteiger partial charge in [-0.3, -0.25) is 20.2 Å². The Bertz CT molecular complexity index is 575. The van der Waals surface area contributed by atoms with E-state index in [-0.39, 0.29) is 12.3 Å². The van der Waals surface area contributed by atoms with E-state index in [2.05, 4.69) is 21.2 Å². The number of alkyl carbamates (subject to hydrolysis) is 1. The number of carbonyl (C=O) groups excluding carboxylic acids is 1. The number of ether oxygens (including phenoxy) is 1. The smallest absolute Gasteiger partial charge is 0.407 e. The lowest BCUT2D eigenvalue weighted by Gasteiger charge is -2.26. The van der Waals surface area contributed by atoms with Crippen molar-refractivity contribution in [3.63, 3.8) is 0 Å². The number of hydrogen-bond donors (Lipinski definition) is 1. The van der Waals surface area contributed by atoms with Crippen molar-refractivity contribution in [2.45, 2.75) is 24.3 Å². The third-order valence-electron chi connectivity index (χ3n) is 2.86. The molecule has 0 unspecified atom stereocenters. The molecule has 0 spiro atoms. The summed E-state index contributed by atoms with van der Waals surface area (Å²) in [5.74, 6) is 0. The first-order valence-corrected chi connectivity index (χ1v) is 7.00. The van der Waals surface area contributed by atoms with Crippen LogP contribution in [0.5, 0.6) is 0 Å². The molecule has 22 heavy (non-hydrogen) atoms. The van der Waals surface area contributed by atoms with Crippen LogP contribution in [0.1, 0.15) is 25.5 Å². The molecule has 1 aromatic carbocycles. The summed E-state index contributed by atoms with van der Waals surface area (Å²) in [4.78, 5) is 32.3. The molecule has 120 valence electrons. The number of nitro benzene ring substituents is 1. The van der Waals surface area contributed by atoms with E-state index in [0.29, 0.717) is 5.56 Å². The lowest BCUT2D eigenvalue weighted by Crippen LogP contribution is -2.45. The maximum absolute atomic E-state index is 11.6. The molecule has 2 atom stereocenters. The molecule has 0 radical (unpaired) electrons. The lowest BCUT2D eigenvalue weighted by atomic mass is 10.0. The summed E-state index contributed by atoms with van der Waals surface area (Å²) in [5, 5.41) is 24.2. The highest BCUT2D eigenvalue weighted by Gasteiger charge is 2.45. The minimum atomic E-state index is -1.71. The van der Waals surface area contributed by atoms with Crippen LogP contribution in [0, 0.1) is 20.2 Å². The number of nitrogens with zero attached hydrogens (tertiary/aromatic N) is 2. The van der Waals surface area contributed by atoms with Crippen molar-refractivity contribution >= 4 is 27.7 Å². The van der Waals surface area contributed by atoms with E-state index >= 15 is 0 Å². The molecule has 0 heterocycles. The molecule has 1 rings (SSSR count). The Hall–Kier alpha value is -2.23. The number of alkyl halides is 1. The SMILES string of the molecule is CCOC(=O)N[C@H](c1ccc([N+](=O)[O-])cc1)[C@@](C)(Br)[N+](=O)[O-]. The molecule has 0 bridgehead atoms. The zero-order valence-corrected chi connectivity index (χ0v) is 13.4.